The lowest BCUT2D eigenvalue weighted by Gasteiger charge is -2.13. The van der Waals surface area contributed by atoms with Gasteiger partial charge in [0.05, 0.1) is 17.3 Å². The molecule has 1 atom stereocenters. The lowest BCUT2D eigenvalue weighted by molar-refractivity contribution is 0.472. The Morgan fingerprint density at radius 1 is 1.25 bits per heavy atom. The number of para-hydroxylation sites is 1. The zero-order valence-corrected chi connectivity index (χ0v) is 12.3. The van der Waals surface area contributed by atoms with Crippen molar-refractivity contribution in [2.45, 2.75) is 13.0 Å². The fourth-order valence-electron chi connectivity index (χ4n) is 2.27. The summed E-state index contributed by atoms with van der Waals surface area (Å²) in [7, 11) is 0. The van der Waals surface area contributed by atoms with Crippen LogP contribution in [0.2, 0.25) is 10.2 Å². The van der Waals surface area contributed by atoms with Crippen LogP contribution in [0.1, 0.15) is 24.3 Å². The van der Waals surface area contributed by atoms with Crippen molar-refractivity contribution in [3.63, 3.8) is 0 Å². The molecule has 1 unspecified atom stereocenters. The average molecular weight is 310 g/mol. The lowest BCUT2D eigenvalue weighted by Crippen LogP contribution is -2.21. The van der Waals surface area contributed by atoms with Crippen molar-refractivity contribution in [2.75, 3.05) is 6.54 Å². The van der Waals surface area contributed by atoms with E-state index in [2.05, 4.69) is 5.32 Å². The van der Waals surface area contributed by atoms with E-state index in [0.29, 0.717) is 15.8 Å². The fourth-order valence-corrected chi connectivity index (χ4v) is 2.71. The SMILES string of the molecule is CCNC(c1cc2cccc(Cl)c2o1)c1ccoc1Cl. The Bertz CT molecular complexity index is 732. The Hall–Kier alpha value is -1.42. The predicted molar refractivity (Wildman–Crippen MR) is 80.5 cm³/mol. The van der Waals surface area contributed by atoms with Gasteiger partial charge in [-0.1, -0.05) is 30.7 Å². The number of benzene rings is 1. The van der Waals surface area contributed by atoms with E-state index in [-0.39, 0.29) is 6.04 Å². The first-order chi connectivity index (χ1) is 9.70. The Kier molecular flexibility index (Phi) is 3.74. The second-order valence-corrected chi connectivity index (χ2v) is 5.20. The van der Waals surface area contributed by atoms with Crippen molar-refractivity contribution in [3.05, 3.63) is 58.2 Å². The van der Waals surface area contributed by atoms with Gasteiger partial charge in [-0.25, -0.2) is 0 Å². The summed E-state index contributed by atoms with van der Waals surface area (Å²) in [6, 6.07) is 9.33. The van der Waals surface area contributed by atoms with Gasteiger partial charge in [-0.05, 0) is 36.3 Å². The van der Waals surface area contributed by atoms with Gasteiger partial charge in [0.2, 0.25) is 0 Å². The Morgan fingerprint density at radius 3 is 2.75 bits per heavy atom. The van der Waals surface area contributed by atoms with Crippen LogP contribution in [0.25, 0.3) is 11.0 Å². The van der Waals surface area contributed by atoms with Crippen LogP contribution in [-0.4, -0.2) is 6.54 Å². The van der Waals surface area contributed by atoms with Crippen LogP contribution in [0.5, 0.6) is 0 Å². The predicted octanol–water partition coefficient (Wildman–Crippen LogP) is 5.03. The molecule has 0 aliphatic heterocycles. The summed E-state index contributed by atoms with van der Waals surface area (Å²) in [5.74, 6) is 0.762. The summed E-state index contributed by atoms with van der Waals surface area (Å²) in [6.45, 7) is 2.80. The largest absolute Gasteiger partial charge is 0.457 e. The first-order valence-corrected chi connectivity index (χ1v) is 7.10. The van der Waals surface area contributed by atoms with E-state index in [1.165, 1.54) is 0 Å². The van der Waals surface area contributed by atoms with Crippen LogP contribution in [0.15, 0.2) is 45.4 Å². The third-order valence-corrected chi connectivity index (χ3v) is 3.77. The summed E-state index contributed by atoms with van der Waals surface area (Å²) in [6.07, 6.45) is 1.57. The number of halogens is 2. The number of rotatable bonds is 4. The lowest BCUT2D eigenvalue weighted by atomic mass is 10.1. The zero-order chi connectivity index (χ0) is 14.1. The van der Waals surface area contributed by atoms with E-state index >= 15 is 0 Å². The molecule has 0 amide bonds. The first-order valence-electron chi connectivity index (χ1n) is 6.35. The zero-order valence-electron chi connectivity index (χ0n) is 10.8. The molecule has 3 rings (SSSR count). The Morgan fingerprint density at radius 2 is 2.10 bits per heavy atom. The molecule has 2 aromatic heterocycles. The van der Waals surface area contributed by atoms with Gasteiger partial charge < -0.3 is 14.2 Å². The van der Waals surface area contributed by atoms with Gasteiger partial charge in [0.15, 0.2) is 10.8 Å². The van der Waals surface area contributed by atoms with Gasteiger partial charge >= 0.3 is 0 Å². The van der Waals surface area contributed by atoms with E-state index in [4.69, 9.17) is 32.0 Å². The molecular weight excluding hydrogens is 297 g/mol. The van der Waals surface area contributed by atoms with Crippen molar-refractivity contribution < 1.29 is 8.83 Å². The first kappa shape index (κ1) is 13.6. The van der Waals surface area contributed by atoms with Crippen molar-refractivity contribution in [2.24, 2.45) is 0 Å². The van der Waals surface area contributed by atoms with Gasteiger partial charge in [-0.3, -0.25) is 0 Å². The second-order valence-electron chi connectivity index (χ2n) is 4.45. The topological polar surface area (TPSA) is 38.3 Å². The molecule has 104 valence electrons. The minimum atomic E-state index is -0.158. The van der Waals surface area contributed by atoms with Crippen LogP contribution in [0.3, 0.4) is 0 Å². The molecule has 0 saturated carbocycles. The summed E-state index contributed by atoms with van der Waals surface area (Å²) >= 11 is 12.2. The molecule has 20 heavy (non-hydrogen) atoms. The van der Waals surface area contributed by atoms with Gasteiger partial charge in [-0.15, -0.1) is 0 Å². The number of furan rings is 2. The molecule has 3 nitrogen and oxygen atoms in total. The van der Waals surface area contributed by atoms with E-state index in [0.717, 1.165) is 23.3 Å². The standard InChI is InChI=1S/C15H13Cl2NO2/c1-2-18-13(10-6-7-19-15(10)17)12-8-9-4-3-5-11(16)14(9)20-12/h3-8,13,18H,2H2,1H3. The van der Waals surface area contributed by atoms with Crippen LogP contribution in [0, 0.1) is 0 Å². The summed E-state index contributed by atoms with van der Waals surface area (Å²) in [5.41, 5.74) is 1.54. The summed E-state index contributed by atoms with van der Waals surface area (Å²) < 4.78 is 11.1. The van der Waals surface area contributed by atoms with Crippen LogP contribution in [-0.2, 0) is 0 Å². The smallest absolute Gasteiger partial charge is 0.198 e. The molecule has 0 aliphatic carbocycles. The maximum absolute atomic E-state index is 6.15. The molecule has 0 radical (unpaired) electrons. The van der Waals surface area contributed by atoms with Crippen LogP contribution < -0.4 is 5.32 Å². The normalized spacial score (nSPS) is 12.9. The molecule has 0 bridgehead atoms. The number of fused-ring (bicyclic) bond motifs is 1. The third kappa shape index (κ3) is 2.33. The molecule has 0 aliphatic rings. The monoisotopic (exact) mass is 309 g/mol. The number of hydrogen-bond donors (Lipinski definition) is 1. The van der Waals surface area contributed by atoms with Crippen LogP contribution >= 0.6 is 23.2 Å². The fraction of sp³-hybridized carbons (Fsp3) is 0.200. The van der Waals surface area contributed by atoms with E-state index < -0.39 is 0 Å². The summed E-state index contributed by atoms with van der Waals surface area (Å²) in [5, 5.41) is 5.27. The minimum absolute atomic E-state index is 0.158. The molecule has 0 saturated heterocycles. The van der Waals surface area contributed by atoms with E-state index in [9.17, 15) is 0 Å². The molecule has 1 aromatic carbocycles. The molecule has 0 spiro atoms. The van der Waals surface area contributed by atoms with E-state index in [1.54, 1.807) is 6.26 Å². The van der Waals surface area contributed by atoms with Gasteiger partial charge in [-0.2, -0.15) is 0 Å². The molecule has 0 fully saturated rings. The molecule has 2 heterocycles. The highest BCUT2D eigenvalue weighted by Gasteiger charge is 2.22. The third-order valence-electron chi connectivity index (χ3n) is 3.16. The van der Waals surface area contributed by atoms with Crippen molar-refractivity contribution >= 4 is 34.2 Å². The number of hydrogen-bond acceptors (Lipinski definition) is 3. The van der Waals surface area contributed by atoms with Crippen molar-refractivity contribution in [1.82, 2.24) is 5.32 Å². The Balaban J connectivity index is 2.10. The maximum atomic E-state index is 6.15. The van der Waals surface area contributed by atoms with Crippen molar-refractivity contribution in [3.8, 4) is 0 Å². The summed E-state index contributed by atoms with van der Waals surface area (Å²) in [4.78, 5) is 0. The highest BCUT2D eigenvalue weighted by molar-refractivity contribution is 6.34. The van der Waals surface area contributed by atoms with Crippen molar-refractivity contribution in [1.29, 1.82) is 0 Å². The highest BCUT2D eigenvalue weighted by atomic mass is 35.5. The quantitative estimate of drug-likeness (QED) is 0.734. The average Bonchev–Trinajstić information content (AvgIpc) is 3.03. The van der Waals surface area contributed by atoms with Gasteiger partial charge in [0.1, 0.15) is 5.76 Å². The maximum Gasteiger partial charge on any atom is 0.198 e. The van der Waals surface area contributed by atoms with E-state index in [1.807, 2.05) is 37.3 Å². The molecule has 5 heteroatoms. The van der Waals surface area contributed by atoms with Gasteiger partial charge in [0, 0.05) is 10.9 Å². The van der Waals surface area contributed by atoms with Gasteiger partial charge in [0.25, 0.3) is 0 Å². The highest BCUT2D eigenvalue weighted by Crippen LogP contribution is 2.34. The number of nitrogens with one attached hydrogen (secondary N) is 1. The molecule has 1 N–H and O–H groups in total. The Labute approximate surface area is 126 Å². The minimum Gasteiger partial charge on any atom is -0.457 e. The second kappa shape index (κ2) is 5.52. The molecular formula is C15H13Cl2NO2. The molecule has 3 aromatic rings. The van der Waals surface area contributed by atoms with Crippen LogP contribution in [0.4, 0.5) is 0 Å².